The van der Waals surface area contributed by atoms with Crippen molar-refractivity contribution in [3.8, 4) is 11.3 Å². The van der Waals surface area contributed by atoms with Gasteiger partial charge in [-0.05, 0) is 36.2 Å². The molecule has 11 heteroatoms. The van der Waals surface area contributed by atoms with E-state index in [9.17, 15) is 9.18 Å². The molecule has 0 aliphatic heterocycles. The molecule has 164 valence electrons. The van der Waals surface area contributed by atoms with Crippen LogP contribution in [0, 0.1) is 5.82 Å². The van der Waals surface area contributed by atoms with E-state index in [1.807, 2.05) is 12.1 Å². The first-order valence-electron chi connectivity index (χ1n) is 9.93. The summed E-state index contributed by atoms with van der Waals surface area (Å²) in [6.45, 7) is 0.339. The minimum Gasteiger partial charge on any atom is -0.373 e. The molecule has 0 fully saturated rings. The van der Waals surface area contributed by atoms with Crippen LogP contribution in [0.15, 0.2) is 54.9 Å². The Labute approximate surface area is 183 Å². The number of hydrogen-bond donors (Lipinski definition) is 5. The Morgan fingerprint density at radius 2 is 1.97 bits per heavy atom. The first-order chi connectivity index (χ1) is 15.6. The number of hydrogen-bond acceptors (Lipinski definition) is 7. The van der Waals surface area contributed by atoms with Crippen LogP contribution in [0.25, 0.3) is 11.3 Å². The van der Waals surface area contributed by atoms with Gasteiger partial charge in [-0.1, -0.05) is 12.1 Å². The topological polar surface area (TPSA) is 136 Å². The van der Waals surface area contributed by atoms with Gasteiger partial charge in [0.25, 0.3) is 0 Å². The van der Waals surface area contributed by atoms with Gasteiger partial charge in [-0.15, -0.1) is 0 Å². The Balaban J connectivity index is 1.47. The molecule has 1 aromatic carbocycles. The second-order valence-electron chi connectivity index (χ2n) is 7.06. The van der Waals surface area contributed by atoms with Crippen molar-refractivity contribution in [2.75, 3.05) is 17.7 Å². The summed E-state index contributed by atoms with van der Waals surface area (Å²) in [6.07, 6.45) is 3.62. The van der Waals surface area contributed by atoms with Gasteiger partial charge in [-0.3, -0.25) is 15.2 Å². The number of carbonyl (C=O) groups is 1. The number of pyridine rings is 1. The monoisotopic (exact) mass is 435 g/mol. The summed E-state index contributed by atoms with van der Waals surface area (Å²) in [5.41, 5.74) is 3.11. The van der Waals surface area contributed by atoms with Crippen molar-refractivity contribution in [2.45, 2.75) is 19.0 Å². The van der Waals surface area contributed by atoms with Crippen LogP contribution < -0.4 is 16.0 Å². The van der Waals surface area contributed by atoms with E-state index in [0.29, 0.717) is 24.5 Å². The van der Waals surface area contributed by atoms with E-state index in [0.717, 1.165) is 22.6 Å². The summed E-state index contributed by atoms with van der Waals surface area (Å²) >= 11 is 0. The van der Waals surface area contributed by atoms with Crippen molar-refractivity contribution < 1.29 is 9.18 Å². The number of aromatic nitrogens is 6. The molecule has 32 heavy (non-hydrogen) atoms. The van der Waals surface area contributed by atoms with Crippen molar-refractivity contribution >= 4 is 17.5 Å². The highest BCUT2D eigenvalue weighted by atomic mass is 19.1. The summed E-state index contributed by atoms with van der Waals surface area (Å²) in [7, 11) is 1.79. The molecule has 4 aromatic rings. The molecule has 3 aromatic heterocycles. The molecule has 5 N–H and O–H groups in total. The Bertz CT molecular complexity index is 1160. The molecule has 3 heterocycles. The van der Waals surface area contributed by atoms with Crippen LogP contribution in [0.4, 0.5) is 16.0 Å². The predicted octanol–water partition coefficient (Wildman–Crippen LogP) is 2.11. The number of carbonyl (C=O) groups excluding carboxylic acids is 1. The van der Waals surface area contributed by atoms with Crippen molar-refractivity contribution in [3.05, 3.63) is 71.9 Å². The molecule has 0 saturated heterocycles. The zero-order chi connectivity index (χ0) is 22.3. The van der Waals surface area contributed by atoms with Gasteiger partial charge in [0.1, 0.15) is 11.6 Å². The molecule has 0 bridgehead atoms. The number of benzene rings is 1. The molecule has 0 aliphatic carbocycles. The van der Waals surface area contributed by atoms with E-state index in [1.54, 1.807) is 37.6 Å². The lowest BCUT2D eigenvalue weighted by atomic mass is 10.0. The highest BCUT2D eigenvalue weighted by molar-refractivity contribution is 5.94. The minimum absolute atomic E-state index is 0.276. The molecule has 0 radical (unpaired) electrons. The van der Waals surface area contributed by atoms with E-state index in [4.69, 9.17) is 0 Å². The maximum atomic E-state index is 13.3. The van der Waals surface area contributed by atoms with Crippen LogP contribution in [-0.4, -0.2) is 49.6 Å². The van der Waals surface area contributed by atoms with Crippen LogP contribution >= 0.6 is 0 Å². The number of H-pyrrole nitrogens is 2. The fourth-order valence-electron chi connectivity index (χ4n) is 3.13. The first-order valence-corrected chi connectivity index (χ1v) is 9.93. The summed E-state index contributed by atoms with van der Waals surface area (Å²) < 4.78 is 13.3. The lowest BCUT2D eigenvalue weighted by molar-refractivity contribution is -0.118. The van der Waals surface area contributed by atoms with E-state index in [1.165, 1.54) is 12.1 Å². The van der Waals surface area contributed by atoms with Crippen molar-refractivity contribution in [1.82, 2.24) is 35.9 Å². The van der Waals surface area contributed by atoms with Crippen LogP contribution in [-0.2, 0) is 17.8 Å². The number of amides is 1. The van der Waals surface area contributed by atoms with Crippen LogP contribution in [0.3, 0.4) is 0 Å². The number of nitrogens with zero attached hydrogens (tertiary/aromatic N) is 4. The van der Waals surface area contributed by atoms with Gasteiger partial charge in [0.2, 0.25) is 5.91 Å². The molecule has 10 nitrogen and oxygen atoms in total. The summed E-state index contributed by atoms with van der Waals surface area (Å²) in [5, 5.41) is 26.4. The van der Waals surface area contributed by atoms with Gasteiger partial charge >= 0.3 is 0 Å². The zero-order valence-electron chi connectivity index (χ0n) is 17.3. The summed E-state index contributed by atoms with van der Waals surface area (Å²) in [5.74, 6) is 0.507. The second-order valence-corrected chi connectivity index (χ2v) is 7.06. The maximum Gasteiger partial charge on any atom is 0.243 e. The Morgan fingerprint density at radius 1 is 1.12 bits per heavy atom. The molecule has 0 aliphatic rings. The van der Waals surface area contributed by atoms with E-state index in [-0.39, 0.29) is 11.7 Å². The van der Waals surface area contributed by atoms with Gasteiger partial charge in [0, 0.05) is 31.4 Å². The lowest BCUT2D eigenvalue weighted by Gasteiger charge is -2.17. The van der Waals surface area contributed by atoms with Gasteiger partial charge in [0.05, 0.1) is 23.6 Å². The minimum atomic E-state index is -0.603. The molecular formula is C21H22FN9O. The number of halogens is 1. The lowest BCUT2D eigenvalue weighted by Crippen LogP contribution is -2.42. The third-order valence-electron chi connectivity index (χ3n) is 4.82. The number of anilines is 2. The molecule has 4 rings (SSSR count). The number of nitrogens with one attached hydrogen (secondary N) is 5. The maximum absolute atomic E-state index is 13.3. The summed E-state index contributed by atoms with van der Waals surface area (Å²) in [6, 6.07) is 10.9. The quantitative estimate of drug-likeness (QED) is 0.272. The predicted molar refractivity (Wildman–Crippen MR) is 117 cm³/mol. The zero-order valence-corrected chi connectivity index (χ0v) is 17.3. The average Bonchev–Trinajstić information content (AvgIpc) is 3.50. The molecule has 1 amide bonds. The molecule has 0 spiro atoms. The van der Waals surface area contributed by atoms with Crippen LogP contribution in [0.5, 0.6) is 0 Å². The molecule has 1 atom stereocenters. The van der Waals surface area contributed by atoms with Crippen molar-refractivity contribution in [1.29, 1.82) is 0 Å². The third-order valence-corrected chi connectivity index (χ3v) is 4.82. The van der Waals surface area contributed by atoms with Crippen molar-refractivity contribution in [3.63, 3.8) is 0 Å². The summed E-state index contributed by atoms with van der Waals surface area (Å²) in [4.78, 5) is 17.2. The highest BCUT2D eigenvalue weighted by Gasteiger charge is 2.20. The van der Waals surface area contributed by atoms with Gasteiger partial charge in [-0.2, -0.15) is 20.5 Å². The highest BCUT2D eigenvalue weighted by Crippen LogP contribution is 2.21. The number of aromatic amines is 2. The van der Waals surface area contributed by atoms with E-state index < -0.39 is 6.04 Å². The number of rotatable bonds is 9. The van der Waals surface area contributed by atoms with Crippen LogP contribution in [0.2, 0.25) is 0 Å². The van der Waals surface area contributed by atoms with Gasteiger partial charge in [0.15, 0.2) is 5.82 Å². The molecule has 0 saturated carbocycles. The van der Waals surface area contributed by atoms with E-state index >= 15 is 0 Å². The Kier molecular flexibility index (Phi) is 6.46. The fraction of sp³-hybridized carbons (Fsp3) is 0.190. The molecular weight excluding hydrogens is 413 g/mol. The van der Waals surface area contributed by atoms with Crippen LogP contribution in [0.1, 0.15) is 11.3 Å². The van der Waals surface area contributed by atoms with Gasteiger partial charge < -0.3 is 10.6 Å². The standard InChI is InChI=1S/C21H22FN9O/c1-23-19-9-14(6-7-24-19)17-10-20(30-29-17)27-21(32)18(25-11-16-12-26-31-28-16)8-13-2-4-15(22)5-3-13/h2-7,9-10,12,18,25H,8,11H2,1H3,(H,23,24)(H,26,28,31)(H2,27,29,30,32). The average molecular weight is 435 g/mol. The SMILES string of the molecule is CNc1cc(-c2cc(NC(=O)C(Cc3ccc(F)cc3)NCc3cn[nH]n3)n[nH]2)ccn1. The molecule has 1 unspecified atom stereocenters. The largest absolute Gasteiger partial charge is 0.373 e. The Morgan fingerprint density at radius 3 is 2.72 bits per heavy atom. The third kappa shape index (κ3) is 5.32. The fourth-order valence-corrected chi connectivity index (χ4v) is 3.13. The first kappa shape index (κ1) is 21.1. The second kappa shape index (κ2) is 9.79. The van der Waals surface area contributed by atoms with Gasteiger partial charge in [-0.25, -0.2) is 9.37 Å². The normalized spacial score (nSPS) is 11.8. The van der Waals surface area contributed by atoms with E-state index in [2.05, 4.69) is 46.5 Å². The van der Waals surface area contributed by atoms with Crippen molar-refractivity contribution in [2.24, 2.45) is 0 Å². The smallest absolute Gasteiger partial charge is 0.243 e. The Hall–Kier alpha value is -4.12.